The van der Waals surface area contributed by atoms with Gasteiger partial charge in [0.1, 0.15) is 5.75 Å². The molecule has 0 aliphatic carbocycles. The number of benzene rings is 1. The van der Waals surface area contributed by atoms with Gasteiger partial charge in [0.2, 0.25) is 5.95 Å². The number of carbonyl (C=O) groups excluding carboxylic acids is 1. The molecule has 2 aromatic rings. The highest BCUT2D eigenvalue weighted by Gasteiger charge is 2.12. The van der Waals surface area contributed by atoms with Gasteiger partial charge in [-0.3, -0.25) is 0 Å². The Hall–Kier alpha value is -2.34. The number of esters is 1. The first-order valence-corrected chi connectivity index (χ1v) is 6.07. The van der Waals surface area contributed by atoms with E-state index < -0.39 is 5.97 Å². The monoisotopic (exact) mass is 293 g/mol. The molecule has 0 fully saturated rings. The Balaban J connectivity index is 2.36. The molecule has 2 N–H and O–H groups in total. The van der Waals surface area contributed by atoms with Crippen molar-refractivity contribution in [2.45, 2.75) is 6.92 Å². The number of halogens is 1. The van der Waals surface area contributed by atoms with Gasteiger partial charge < -0.3 is 15.2 Å². The lowest BCUT2D eigenvalue weighted by molar-refractivity contribution is 0.0594. The molecular formula is C13H12ClN3O3. The predicted molar refractivity (Wildman–Crippen MR) is 74.5 cm³/mol. The third-order valence-electron chi connectivity index (χ3n) is 2.45. The summed E-state index contributed by atoms with van der Waals surface area (Å²) in [6.45, 7) is 1.72. The topological polar surface area (TPSA) is 84.3 Å². The molecule has 0 saturated carbocycles. The van der Waals surface area contributed by atoms with Gasteiger partial charge >= 0.3 is 5.97 Å². The van der Waals surface area contributed by atoms with Crippen molar-refractivity contribution >= 4 is 29.2 Å². The highest BCUT2D eigenvalue weighted by molar-refractivity contribution is 6.30. The van der Waals surface area contributed by atoms with Crippen LogP contribution in [0.15, 0.2) is 24.3 Å². The van der Waals surface area contributed by atoms with Crippen LogP contribution in [0.3, 0.4) is 0 Å². The normalized spacial score (nSPS) is 10.2. The summed E-state index contributed by atoms with van der Waals surface area (Å²) in [5, 5.41) is 13.0. The second kappa shape index (κ2) is 5.75. The van der Waals surface area contributed by atoms with Crippen molar-refractivity contribution in [3.8, 4) is 5.75 Å². The average Bonchev–Trinajstić information content (AvgIpc) is 2.41. The summed E-state index contributed by atoms with van der Waals surface area (Å²) in [6.07, 6.45) is 0. The van der Waals surface area contributed by atoms with Crippen LogP contribution in [-0.4, -0.2) is 28.2 Å². The van der Waals surface area contributed by atoms with Gasteiger partial charge in [-0.2, -0.15) is 0 Å². The minimum atomic E-state index is -0.561. The summed E-state index contributed by atoms with van der Waals surface area (Å²) in [6, 6.07) is 6.04. The van der Waals surface area contributed by atoms with E-state index in [4.69, 9.17) is 11.6 Å². The fourth-order valence-electron chi connectivity index (χ4n) is 1.56. The molecule has 1 heterocycles. The van der Waals surface area contributed by atoms with Crippen molar-refractivity contribution in [3.63, 3.8) is 0 Å². The molecule has 0 amide bonds. The first-order valence-electron chi connectivity index (χ1n) is 5.69. The number of carbonyl (C=O) groups is 1. The highest BCUT2D eigenvalue weighted by atomic mass is 35.5. The number of aromatic hydroxyl groups is 1. The molecule has 1 aromatic carbocycles. The van der Waals surface area contributed by atoms with E-state index in [-0.39, 0.29) is 17.4 Å². The number of hydrogen-bond donors (Lipinski definition) is 2. The SMILES string of the molecule is COC(=O)c1cc(C)nc(Nc2cc(Cl)ccc2O)n1. The molecular weight excluding hydrogens is 282 g/mol. The smallest absolute Gasteiger partial charge is 0.356 e. The lowest BCUT2D eigenvalue weighted by Gasteiger charge is -2.09. The van der Waals surface area contributed by atoms with Crippen molar-refractivity contribution in [3.05, 3.63) is 40.7 Å². The maximum atomic E-state index is 11.5. The van der Waals surface area contributed by atoms with Crippen LogP contribution in [0.25, 0.3) is 0 Å². The Morgan fingerprint density at radius 1 is 1.35 bits per heavy atom. The summed E-state index contributed by atoms with van der Waals surface area (Å²) >= 11 is 5.85. The molecule has 1 aromatic heterocycles. The summed E-state index contributed by atoms with van der Waals surface area (Å²) in [7, 11) is 1.27. The van der Waals surface area contributed by atoms with Crippen LogP contribution in [0.5, 0.6) is 5.75 Å². The quantitative estimate of drug-likeness (QED) is 0.668. The van der Waals surface area contributed by atoms with E-state index in [9.17, 15) is 9.90 Å². The molecule has 0 aliphatic heterocycles. The Labute approximate surface area is 120 Å². The Bertz CT molecular complexity index is 661. The number of hydrogen-bond acceptors (Lipinski definition) is 6. The lowest BCUT2D eigenvalue weighted by Crippen LogP contribution is -2.08. The van der Waals surface area contributed by atoms with Crippen LogP contribution in [0.4, 0.5) is 11.6 Å². The number of phenolic OH excluding ortho intramolecular Hbond substituents is 1. The van der Waals surface area contributed by atoms with E-state index in [2.05, 4.69) is 20.0 Å². The van der Waals surface area contributed by atoms with E-state index in [1.807, 2.05) is 0 Å². The molecule has 0 aliphatic rings. The summed E-state index contributed by atoms with van der Waals surface area (Å²) in [5.74, 6) is -0.393. The molecule has 0 radical (unpaired) electrons. The summed E-state index contributed by atoms with van der Waals surface area (Å²) in [4.78, 5) is 19.6. The minimum Gasteiger partial charge on any atom is -0.506 e. The van der Waals surface area contributed by atoms with Crippen molar-refractivity contribution in [2.24, 2.45) is 0 Å². The van der Waals surface area contributed by atoms with Gasteiger partial charge in [-0.25, -0.2) is 14.8 Å². The fourth-order valence-corrected chi connectivity index (χ4v) is 1.73. The fraction of sp³-hybridized carbons (Fsp3) is 0.154. The van der Waals surface area contributed by atoms with E-state index in [0.717, 1.165) is 0 Å². The molecule has 0 unspecified atom stereocenters. The molecule has 0 spiro atoms. The zero-order valence-electron chi connectivity index (χ0n) is 10.8. The van der Waals surface area contributed by atoms with Crippen LogP contribution in [-0.2, 0) is 4.74 Å². The maximum absolute atomic E-state index is 11.5. The van der Waals surface area contributed by atoms with E-state index in [1.165, 1.54) is 25.3 Å². The van der Waals surface area contributed by atoms with Crippen LogP contribution in [0.1, 0.15) is 16.2 Å². The van der Waals surface area contributed by atoms with Gasteiger partial charge in [0.15, 0.2) is 5.69 Å². The number of aryl methyl sites for hydroxylation is 1. The van der Waals surface area contributed by atoms with Gasteiger partial charge in [-0.05, 0) is 31.2 Å². The molecule has 6 nitrogen and oxygen atoms in total. The largest absolute Gasteiger partial charge is 0.506 e. The van der Waals surface area contributed by atoms with Crippen molar-refractivity contribution in [1.29, 1.82) is 0 Å². The van der Waals surface area contributed by atoms with Crippen LogP contribution in [0.2, 0.25) is 5.02 Å². The summed E-state index contributed by atoms with van der Waals surface area (Å²) < 4.78 is 4.61. The summed E-state index contributed by atoms with van der Waals surface area (Å²) in [5.41, 5.74) is 1.06. The number of phenols is 1. The molecule has 0 bridgehead atoms. The number of ether oxygens (including phenoxy) is 1. The number of nitrogens with zero attached hydrogens (tertiary/aromatic N) is 2. The standard InChI is InChI=1S/C13H12ClN3O3/c1-7-5-10(12(19)20-2)17-13(15-7)16-9-6-8(14)3-4-11(9)18/h3-6,18H,1-2H3,(H,15,16,17). The lowest BCUT2D eigenvalue weighted by atomic mass is 10.3. The van der Waals surface area contributed by atoms with E-state index in [1.54, 1.807) is 13.0 Å². The maximum Gasteiger partial charge on any atom is 0.356 e. The van der Waals surface area contributed by atoms with Gasteiger partial charge in [-0.1, -0.05) is 11.6 Å². The van der Waals surface area contributed by atoms with E-state index >= 15 is 0 Å². The van der Waals surface area contributed by atoms with Crippen molar-refractivity contribution in [2.75, 3.05) is 12.4 Å². The third-order valence-corrected chi connectivity index (χ3v) is 2.69. The first-order chi connectivity index (χ1) is 9.49. The van der Waals surface area contributed by atoms with Crippen molar-refractivity contribution < 1.29 is 14.6 Å². The number of nitrogens with one attached hydrogen (secondary N) is 1. The second-order valence-electron chi connectivity index (χ2n) is 4.00. The molecule has 7 heteroatoms. The Kier molecular flexibility index (Phi) is 4.05. The Morgan fingerprint density at radius 3 is 2.80 bits per heavy atom. The number of anilines is 2. The number of rotatable bonds is 3. The molecule has 0 atom stereocenters. The van der Waals surface area contributed by atoms with Crippen LogP contribution in [0, 0.1) is 6.92 Å². The molecule has 0 saturated heterocycles. The second-order valence-corrected chi connectivity index (χ2v) is 4.43. The molecule has 20 heavy (non-hydrogen) atoms. The van der Waals surface area contributed by atoms with Gasteiger partial charge in [0, 0.05) is 10.7 Å². The first kappa shape index (κ1) is 14.1. The average molecular weight is 294 g/mol. The molecule has 2 rings (SSSR count). The number of methoxy groups -OCH3 is 1. The zero-order chi connectivity index (χ0) is 14.7. The minimum absolute atomic E-state index is 0.000811. The van der Waals surface area contributed by atoms with Crippen molar-refractivity contribution in [1.82, 2.24) is 9.97 Å². The zero-order valence-corrected chi connectivity index (χ0v) is 11.6. The van der Waals surface area contributed by atoms with Gasteiger partial charge in [0.05, 0.1) is 12.8 Å². The van der Waals surface area contributed by atoms with Crippen LogP contribution >= 0.6 is 11.6 Å². The Morgan fingerprint density at radius 2 is 2.10 bits per heavy atom. The number of aromatic nitrogens is 2. The van der Waals surface area contributed by atoms with Gasteiger partial charge in [0.25, 0.3) is 0 Å². The van der Waals surface area contributed by atoms with Gasteiger partial charge in [-0.15, -0.1) is 0 Å². The highest BCUT2D eigenvalue weighted by Crippen LogP contribution is 2.28. The third kappa shape index (κ3) is 3.16. The predicted octanol–water partition coefficient (Wildman–Crippen LogP) is 2.67. The van der Waals surface area contributed by atoms with E-state index in [0.29, 0.717) is 16.4 Å². The molecule has 104 valence electrons. The van der Waals surface area contributed by atoms with Crippen LogP contribution < -0.4 is 5.32 Å².